The van der Waals surface area contributed by atoms with Crippen molar-refractivity contribution in [2.75, 3.05) is 4.72 Å². The summed E-state index contributed by atoms with van der Waals surface area (Å²) < 4.78 is 16.5. The molecule has 3 aromatic rings. The number of hydrogen-bond acceptors (Lipinski definition) is 3. The Bertz CT molecular complexity index is 893. The van der Waals surface area contributed by atoms with Crippen LogP contribution in [0.4, 0.5) is 5.69 Å². The molecule has 1 aromatic heterocycles. The Kier molecular flexibility index (Phi) is 4.41. The molecule has 1 heterocycles. The zero-order valence-corrected chi connectivity index (χ0v) is 15.0. The lowest BCUT2D eigenvalue weighted by atomic mass is 10.2. The summed E-state index contributed by atoms with van der Waals surface area (Å²) in [4.78, 5) is 5.05. The second-order valence-electron chi connectivity index (χ2n) is 4.74. The van der Waals surface area contributed by atoms with Crippen molar-refractivity contribution in [1.29, 1.82) is 0 Å². The Morgan fingerprint density at radius 3 is 2.73 bits per heavy atom. The number of hydrogen-bond donors (Lipinski definition) is 1. The monoisotopic (exact) mass is 370 g/mol. The van der Waals surface area contributed by atoms with Gasteiger partial charge in [0.25, 0.3) is 0 Å². The highest BCUT2D eigenvalue weighted by atomic mass is 35.5. The lowest BCUT2D eigenvalue weighted by Crippen LogP contribution is -2.07. The van der Waals surface area contributed by atoms with Crippen LogP contribution < -0.4 is 4.72 Å². The number of anilines is 1. The summed E-state index contributed by atoms with van der Waals surface area (Å²) >= 11 is 14.0. The van der Waals surface area contributed by atoms with Gasteiger partial charge in [-0.25, -0.2) is 9.19 Å². The van der Waals surface area contributed by atoms with Crippen LogP contribution in [-0.4, -0.2) is 9.19 Å². The predicted molar refractivity (Wildman–Crippen MR) is 95.6 cm³/mol. The molecule has 0 spiro atoms. The largest absolute Gasteiger partial charge is 0.300 e. The number of fused-ring (bicyclic) bond motifs is 1. The molecule has 7 heteroatoms. The fourth-order valence-electron chi connectivity index (χ4n) is 2.09. The molecule has 0 amide bonds. The summed E-state index contributed by atoms with van der Waals surface area (Å²) in [6.45, 7) is 3.77. The van der Waals surface area contributed by atoms with E-state index in [4.69, 9.17) is 23.2 Å². The SMILES string of the molecule is Cc1nc2c(Cl)c(NS(=O)c3cccc(Cl)c3C)ccc2s1. The van der Waals surface area contributed by atoms with E-state index in [2.05, 4.69) is 9.71 Å². The number of aromatic nitrogens is 1. The van der Waals surface area contributed by atoms with E-state index in [1.54, 1.807) is 29.5 Å². The molecule has 0 aliphatic heterocycles. The fourth-order valence-corrected chi connectivity index (χ4v) is 4.60. The molecule has 0 saturated carbocycles. The molecule has 0 bridgehead atoms. The highest BCUT2D eigenvalue weighted by Gasteiger charge is 2.14. The molecular formula is C15H12Cl2N2OS2. The van der Waals surface area contributed by atoms with Gasteiger partial charge >= 0.3 is 0 Å². The van der Waals surface area contributed by atoms with Crippen molar-refractivity contribution in [2.24, 2.45) is 0 Å². The molecule has 1 unspecified atom stereocenters. The van der Waals surface area contributed by atoms with Gasteiger partial charge in [-0.1, -0.05) is 29.3 Å². The standard InChI is InChI=1S/C15H12Cl2N2OS2/c1-8-10(16)4-3-5-13(8)22(20)19-11-6-7-12-15(14(11)17)18-9(2)21-12/h3-7,19H,1-2H3. The zero-order valence-electron chi connectivity index (χ0n) is 11.8. The Labute approximate surface area is 144 Å². The highest BCUT2D eigenvalue weighted by Crippen LogP contribution is 2.34. The van der Waals surface area contributed by atoms with Crippen LogP contribution in [0.3, 0.4) is 0 Å². The molecule has 3 rings (SSSR count). The van der Waals surface area contributed by atoms with Gasteiger partial charge < -0.3 is 0 Å². The second kappa shape index (κ2) is 6.16. The van der Waals surface area contributed by atoms with Gasteiger partial charge in [0, 0.05) is 5.02 Å². The number of halogens is 2. The second-order valence-corrected chi connectivity index (χ2v) is 7.94. The quantitative estimate of drug-likeness (QED) is 0.674. The van der Waals surface area contributed by atoms with E-state index in [9.17, 15) is 4.21 Å². The van der Waals surface area contributed by atoms with Crippen molar-refractivity contribution in [2.45, 2.75) is 18.7 Å². The average Bonchev–Trinajstić information content (AvgIpc) is 2.86. The first-order valence-electron chi connectivity index (χ1n) is 6.46. The molecule has 3 nitrogen and oxygen atoms in total. The van der Waals surface area contributed by atoms with E-state index in [0.29, 0.717) is 20.6 Å². The molecule has 1 atom stereocenters. The van der Waals surface area contributed by atoms with Crippen molar-refractivity contribution in [3.05, 3.63) is 50.9 Å². The number of nitrogens with zero attached hydrogens (tertiary/aromatic N) is 1. The first-order valence-corrected chi connectivity index (χ1v) is 9.19. The minimum Gasteiger partial charge on any atom is -0.300 e. The predicted octanol–water partition coefficient (Wildman–Crippen LogP) is 5.35. The summed E-state index contributed by atoms with van der Waals surface area (Å²) in [6, 6.07) is 9.08. The molecule has 0 radical (unpaired) electrons. The number of aryl methyl sites for hydroxylation is 1. The van der Waals surface area contributed by atoms with Crippen molar-refractivity contribution < 1.29 is 4.21 Å². The van der Waals surface area contributed by atoms with Crippen molar-refractivity contribution in [3.8, 4) is 0 Å². The number of rotatable bonds is 3. The maximum Gasteiger partial charge on any atom is 0.150 e. The van der Waals surface area contributed by atoms with Crippen LogP contribution in [0, 0.1) is 13.8 Å². The van der Waals surface area contributed by atoms with Gasteiger partial charge in [-0.15, -0.1) is 11.3 Å². The maximum atomic E-state index is 12.5. The van der Waals surface area contributed by atoms with Gasteiger partial charge in [-0.2, -0.15) is 0 Å². The summed E-state index contributed by atoms with van der Waals surface area (Å²) in [7, 11) is -1.45. The summed E-state index contributed by atoms with van der Waals surface area (Å²) in [5.41, 5.74) is 2.11. The Hall–Kier alpha value is -1.14. The van der Waals surface area contributed by atoms with E-state index >= 15 is 0 Å². The van der Waals surface area contributed by atoms with Crippen LogP contribution in [-0.2, 0) is 11.0 Å². The summed E-state index contributed by atoms with van der Waals surface area (Å²) in [5.74, 6) is 0. The van der Waals surface area contributed by atoms with Crippen LogP contribution in [0.15, 0.2) is 35.2 Å². The van der Waals surface area contributed by atoms with E-state index in [0.717, 1.165) is 20.8 Å². The van der Waals surface area contributed by atoms with Gasteiger partial charge in [0.05, 0.1) is 25.3 Å². The molecule has 0 aliphatic carbocycles. The highest BCUT2D eigenvalue weighted by molar-refractivity contribution is 7.86. The molecule has 114 valence electrons. The smallest absolute Gasteiger partial charge is 0.150 e. The van der Waals surface area contributed by atoms with Crippen LogP contribution in [0.25, 0.3) is 10.2 Å². The minimum atomic E-state index is -1.45. The third-order valence-electron chi connectivity index (χ3n) is 3.23. The first kappa shape index (κ1) is 15.7. The normalized spacial score (nSPS) is 12.5. The molecule has 0 aliphatic rings. The molecule has 2 aromatic carbocycles. The maximum absolute atomic E-state index is 12.5. The van der Waals surface area contributed by atoms with Gasteiger partial charge in [0.15, 0.2) is 11.0 Å². The fraction of sp³-hybridized carbons (Fsp3) is 0.133. The Morgan fingerprint density at radius 1 is 1.18 bits per heavy atom. The van der Waals surface area contributed by atoms with Crippen molar-refractivity contribution >= 4 is 61.4 Å². The Balaban J connectivity index is 1.97. The van der Waals surface area contributed by atoms with Crippen LogP contribution in [0.1, 0.15) is 10.6 Å². The lowest BCUT2D eigenvalue weighted by Gasteiger charge is -2.11. The van der Waals surface area contributed by atoms with Gasteiger partial charge in [0.2, 0.25) is 0 Å². The Morgan fingerprint density at radius 2 is 1.95 bits per heavy atom. The van der Waals surface area contributed by atoms with Gasteiger partial charge in [-0.3, -0.25) is 4.72 Å². The van der Waals surface area contributed by atoms with Crippen LogP contribution in [0.5, 0.6) is 0 Å². The first-order chi connectivity index (χ1) is 10.5. The van der Waals surface area contributed by atoms with Crippen LogP contribution in [0.2, 0.25) is 10.0 Å². The third kappa shape index (κ3) is 2.86. The number of thiazole rings is 1. The van der Waals surface area contributed by atoms with Crippen LogP contribution >= 0.6 is 34.5 Å². The number of benzene rings is 2. The van der Waals surface area contributed by atoms with E-state index in [-0.39, 0.29) is 0 Å². The van der Waals surface area contributed by atoms with Gasteiger partial charge in [0.1, 0.15) is 5.52 Å². The molecular weight excluding hydrogens is 359 g/mol. The minimum absolute atomic E-state index is 0.481. The molecule has 0 fully saturated rings. The van der Waals surface area contributed by atoms with Gasteiger partial charge in [-0.05, 0) is 43.7 Å². The molecule has 22 heavy (non-hydrogen) atoms. The zero-order chi connectivity index (χ0) is 15.9. The third-order valence-corrected chi connectivity index (χ3v) is 6.20. The molecule has 0 saturated heterocycles. The van der Waals surface area contributed by atoms with E-state index in [1.807, 2.05) is 26.0 Å². The van der Waals surface area contributed by atoms with Crippen molar-refractivity contribution in [3.63, 3.8) is 0 Å². The van der Waals surface area contributed by atoms with E-state index in [1.165, 1.54) is 0 Å². The topological polar surface area (TPSA) is 42.0 Å². The number of nitrogens with one attached hydrogen (secondary N) is 1. The molecule has 1 N–H and O–H groups in total. The average molecular weight is 371 g/mol. The summed E-state index contributed by atoms with van der Waals surface area (Å²) in [6.07, 6.45) is 0. The van der Waals surface area contributed by atoms with Crippen molar-refractivity contribution in [1.82, 2.24) is 4.98 Å². The lowest BCUT2D eigenvalue weighted by molar-refractivity contribution is 0.686. The summed E-state index contributed by atoms with van der Waals surface area (Å²) in [5, 5.41) is 2.01. The van der Waals surface area contributed by atoms with E-state index < -0.39 is 11.0 Å².